The van der Waals surface area contributed by atoms with Gasteiger partial charge >= 0.3 is 0 Å². The van der Waals surface area contributed by atoms with E-state index >= 15 is 0 Å². The van der Waals surface area contributed by atoms with Crippen molar-refractivity contribution in [3.8, 4) is 6.07 Å². The lowest BCUT2D eigenvalue weighted by molar-refractivity contribution is -0.104. The van der Waals surface area contributed by atoms with Crippen molar-refractivity contribution in [1.82, 2.24) is 4.31 Å². The molecule has 0 bridgehead atoms. The fourth-order valence-corrected chi connectivity index (χ4v) is 6.65. The first-order valence-electron chi connectivity index (χ1n) is 16.2. The molecule has 0 aliphatic rings. The molecule has 2 atom stereocenters. The number of aliphatic hydroxyl groups excluding tert-OH is 1. The lowest BCUT2D eigenvalue weighted by atomic mass is 9.97. The highest BCUT2D eigenvalue weighted by molar-refractivity contribution is 7.89. The Balaban J connectivity index is 2.45. The van der Waals surface area contributed by atoms with Crippen LogP contribution in [0.4, 0.5) is 17.1 Å². The standard InChI is InChI=1S/C35H50N6O4S/c1-6-10-13-27(8-3)23-41(24-28(9-4)14-11-7-2)46(44,45)33-19-17-31(18-20-33)39-40-34(26(5)29(22-36)25-42)35(43)38-32-16-12-15-30(37)21-32/h12,15-21,25,27-28,38,43H,6-11,13-14,23-24,37H2,1-5H3/b29-26-,35-34-,40-39+. The van der Waals surface area contributed by atoms with E-state index in [1.807, 2.05) is 0 Å². The van der Waals surface area contributed by atoms with Crippen LogP contribution in [0, 0.1) is 23.2 Å². The Hall–Kier alpha value is -4.01. The van der Waals surface area contributed by atoms with Gasteiger partial charge in [-0.25, -0.2) is 8.42 Å². The minimum Gasteiger partial charge on any atom is -0.493 e. The number of aldehydes is 1. The van der Waals surface area contributed by atoms with Crippen molar-refractivity contribution >= 4 is 33.4 Å². The number of nitrogens with two attached hydrogens (primary N) is 1. The second-order valence-corrected chi connectivity index (χ2v) is 13.5. The zero-order valence-electron chi connectivity index (χ0n) is 27.9. The molecule has 0 saturated carbocycles. The molecule has 0 saturated heterocycles. The maximum atomic E-state index is 14.0. The number of allylic oxidation sites excluding steroid dienone is 2. The van der Waals surface area contributed by atoms with Crippen LogP contribution in [0.2, 0.25) is 0 Å². The molecule has 0 aliphatic carbocycles. The smallest absolute Gasteiger partial charge is 0.243 e. The molecule has 0 fully saturated rings. The number of aliphatic hydroxyl groups is 1. The van der Waals surface area contributed by atoms with Gasteiger partial charge < -0.3 is 16.2 Å². The van der Waals surface area contributed by atoms with E-state index in [1.165, 1.54) is 19.1 Å². The second kappa shape index (κ2) is 19.5. The molecule has 11 heteroatoms. The first-order valence-corrected chi connectivity index (χ1v) is 17.6. The number of carbonyl (C=O) groups excluding carboxylic acids is 1. The molecule has 0 spiro atoms. The maximum absolute atomic E-state index is 14.0. The molecule has 0 heterocycles. The monoisotopic (exact) mass is 650 g/mol. The Kier molecular flexibility index (Phi) is 16.2. The quantitative estimate of drug-likeness (QED) is 0.0246. The van der Waals surface area contributed by atoms with Gasteiger partial charge in [0.1, 0.15) is 11.8 Å². The fraction of sp³-hybridized carbons (Fsp3) is 0.486. The van der Waals surface area contributed by atoms with Crippen LogP contribution in [0.1, 0.15) is 86.0 Å². The van der Waals surface area contributed by atoms with Crippen LogP contribution in [0.25, 0.3) is 0 Å². The summed E-state index contributed by atoms with van der Waals surface area (Å²) < 4.78 is 29.7. The summed E-state index contributed by atoms with van der Waals surface area (Å²) in [5, 5.41) is 31.4. The van der Waals surface area contributed by atoms with Crippen molar-refractivity contribution in [1.29, 1.82) is 5.26 Å². The first-order chi connectivity index (χ1) is 22.0. The number of nitrogen functional groups attached to an aromatic ring is 1. The second-order valence-electron chi connectivity index (χ2n) is 11.6. The van der Waals surface area contributed by atoms with Gasteiger partial charge in [0.2, 0.25) is 15.9 Å². The summed E-state index contributed by atoms with van der Waals surface area (Å²) in [6.07, 6.45) is 8.46. The third-order valence-corrected chi connectivity index (χ3v) is 9.97. The van der Waals surface area contributed by atoms with E-state index < -0.39 is 15.9 Å². The van der Waals surface area contributed by atoms with E-state index in [-0.39, 0.29) is 33.6 Å². The Morgan fingerprint density at radius 3 is 2.09 bits per heavy atom. The van der Waals surface area contributed by atoms with Crippen LogP contribution < -0.4 is 11.1 Å². The Morgan fingerprint density at radius 1 is 1.02 bits per heavy atom. The summed E-state index contributed by atoms with van der Waals surface area (Å²) in [7, 11) is -3.78. The minimum absolute atomic E-state index is 0.104. The molecule has 2 rings (SSSR count). The Bertz CT molecular complexity index is 1490. The van der Waals surface area contributed by atoms with E-state index in [0.717, 1.165) is 51.4 Å². The van der Waals surface area contributed by atoms with Gasteiger partial charge in [-0.2, -0.15) is 14.7 Å². The molecule has 2 aromatic carbocycles. The van der Waals surface area contributed by atoms with E-state index in [0.29, 0.717) is 36.4 Å². The van der Waals surface area contributed by atoms with Crippen LogP contribution in [-0.2, 0) is 14.8 Å². The molecule has 250 valence electrons. The summed E-state index contributed by atoms with van der Waals surface area (Å²) in [6, 6.07) is 14.6. The molecule has 10 nitrogen and oxygen atoms in total. The van der Waals surface area contributed by atoms with E-state index in [9.17, 15) is 23.6 Å². The third kappa shape index (κ3) is 11.4. The number of nitriles is 1. The molecule has 0 aromatic heterocycles. The third-order valence-electron chi connectivity index (χ3n) is 8.12. The topological polar surface area (TPSA) is 161 Å². The van der Waals surface area contributed by atoms with Crippen LogP contribution in [-0.4, -0.2) is 37.2 Å². The summed E-state index contributed by atoms with van der Waals surface area (Å²) in [4.78, 5) is 11.7. The summed E-state index contributed by atoms with van der Waals surface area (Å²) in [5.74, 6) is 0.121. The van der Waals surface area contributed by atoms with Crippen molar-refractivity contribution in [2.45, 2.75) is 90.9 Å². The number of nitrogens with one attached hydrogen (secondary N) is 1. The van der Waals surface area contributed by atoms with Crippen molar-refractivity contribution in [3.63, 3.8) is 0 Å². The summed E-state index contributed by atoms with van der Waals surface area (Å²) in [5.41, 5.74) is 6.81. The molecule has 2 unspecified atom stereocenters. The van der Waals surface area contributed by atoms with Crippen molar-refractivity contribution in [2.24, 2.45) is 22.1 Å². The highest BCUT2D eigenvalue weighted by Gasteiger charge is 2.29. The van der Waals surface area contributed by atoms with Crippen LogP contribution in [0.5, 0.6) is 0 Å². The number of unbranched alkanes of at least 4 members (excludes halogenated alkanes) is 2. The van der Waals surface area contributed by atoms with Gasteiger partial charge in [-0.1, -0.05) is 72.3 Å². The normalized spacial score (nSPS) is 14.4. The van der Waals surface area contributed by atoms with Crippen LogP contribution in [0.3, 0.4) is 0 Å². The Labute approximate surface area is 275 Å². The number of hydrogen-bond donors (Lipinski definition) is 3. The maximum Gasteiger partial charge on any atom is 0.243 e. The van der Waals surface area contributed by atoms with Gasteiger partial charge in [0.15, 0.2) is 6.29 Å². The van der Waals surface area contributed by atoms with Crippen molar-refractivity contribution < 1.29 is 18.3 Å². The lowest BCUT2D eigenvalue weighted by Crippen LogP contribution is -2.39. The summed E-state index contributed by atoms with van der Waals surface area (Å²) in [6.45, 7) is 11.0. The molecule has 0 radical (unpaired) electrons. The van der Waals surface area contributed by atoms with E-state index in [1.54, 1.807) is 46.8 Å². The average Bonchev–Trinajstić information content (AvgIpc) is 3.04. The van der Waals surface area contributed by atoms with Gasteiger partial charge in [0.25, 0.3) is 0 Å². The number of nitrogens with zero attached hydrogens (tertiary/aromatic N) is 4. The predicted octanol–water partition coefficient (Wildman–Crippen LogP) is 8.65. The molecule has 46 heavy (non-hydrogen) atoms. The van der Waals surface area contributed by atoms with Gasteiger partial charge in [0.05, 0.1) is 16.2 Å². The molecule has 4 N–H and O–H groups in total. The lowest BCUT2D eigenvalue weighted by Gasteiger charge is -2.30. The largest absolute Gasteiger partial charge is 0.493 e. The van der Waals surface area contributed by atoms with Gasteiger partial charge in [-0.05, 0) is 74.1 Å². The minimum atomic E-state index is -3.78. The molecule has 0 amide bonds. The number of carbonyl (C=O) groups is 1. The van der Waals surface area contributed by atoms with Crippen molar-refractivity contribution in [3.05, 3.63) is 71.3 Å². The SMILES string of the molecule is CCCCC(CC)CN(CC(CC)CCCC)S(=O)(=O)c1ccc(/N=N/C(=C(\O)Nc2cccc(N)c2)C(/C)=C(/C#N)C=O)cc1. The van der Waals surface area contributed by atoms with Crippen molar-refractivity contribution in [2.75, 3.05) is 24.1 Å². The number of sulfonamides is 1. The number of hydrogen-bond acceptors (Lipinski definition) is 9. The predicted molar refractivity (Wildman–Crippen MR) is 185 cm³/mol. The Morgan fingerprint density at radius 2 is 1.61 bits per heavy atom. The van der Waals surface area contributed by atoms with Gasteiger partial charge in [-0.3, -0.25) is 4.79 Å². The highest BCUT2D eigenvalue weighted by Crippen LogP contribution is 2.28. The van der Waals surface area contributed by atoms with Crippen LogP contribution >= 0.6 is 0 Å². The van der Waals surface area contributed by atoms with Gasteiger partial charge in [0, 0.05) is 30.0 Å². The zero-order chi connectivity index (χ0) is 34.1. The fourth-order valence-electron chi connectivity index (χ4n) is 5.06. The van der Waals surface area contributed by atoms with Gasteiger partial charge in [-0.15, -0.1) is 5.11 Å². The number of azo groups is 1. The molecule has 2 aromatic rings. The average molecular weight is 651 g/mol. The molecular weight excluding hydrogens is 600 g/mol. The molecule has 0 aliphatic heterocycles. The van der Waals surface area contributed by atoms with Crippen LogP contribution in [0.15, 0.2) is 86.4 Å². The number of anilines is 2. The van der Waals surface area contributed by atoms with E-state index in [4.69, 9.17) is 5.73 Å². The van der Waals surface area contributed by atoms with E-state index in [2.05, 4.69) is 43.2 Å². The summed E-state index contributed by atoms with van der Waals surface area (Å²) >= 11 is 0. The highest BCUT2D eigenvalue weighted by atomic mass is 32.2. The first kappa shape index (κ1) is 38.2. The number of rotatable bonds is 20. The zero-order valence-corrected chi connectivity index (χ0v) is 28.7. The molecular formula is C35H50N6O4S. The number of benzene rings is 2.